The molecule has 3 unspecified atom stereocenters. The van der Waals surface area contributed by atoms with Crippen molar-refractivity contribution < 1.29 is 14.3 Å². The molecular weight excluding hydrogens is 280 g/mol. The molecule has 0 radical (unpaired) electrons. The number of carbonyl (C=O) groups is 1. The predicted molar refractivity (Wildman–Crippen MR) is 83.8 cm³/mol. The summed E-state index contributed by atoms with van der Waals surface area (Å²) in [4.78, 5) is 14.4. The maximum atomic E-state index is 12.4. The molecule has 3 rings (SSSR count). The summed E-state index contributed by atoms with van der Waals surface area (Å²) in [5.41, 5.74) is 7.12. The lowest BCUT2D eigenvalue weighted by Gasteiger charge is -2.34. The van der Waals surface area contributed by atoms with E-state index in [-0.39, 0.29) is 18.0 Å². The highest BCUT2D eigenvalue weighted by atomic mass is 16.5. The number of nitrogens with two attached hydrogens (primary N) is 1. The summed E-state index contributed by atoms with van der Waals surface area (Å²) in [7, 11) is 3.27. The van der Waals surface area contributed by atoms with Gasteiger partial charge in [0.1, 0.15) is 11.5 Å². The fourth-order valence-corrected chi connectivity index (χ4v) is 3.76. The lowest BCUT2D eigenvalue weighted by atomic mass is 9.82. The van der Waals surface area contributed by atoms with Crippen LogP contribution in [0.5, 0.6) is 11.5 Å². The SMILES string of the molecule is COc1ccc(CN2C(=O)CC3CCC(N)CC32)c(OC)c1. The first kappa shape index (κ1) is 15.2. The zero-order valence-corrected chi connectivity index (χ0v) is 13.2. The van der Waals surface area contributed by atoms with Crippen molar-refractivity contribution in [2.45, 2.75) is 44.3 Å². The van der Waals surface area contributed by atoms with E-state index in [1.54, 1.807) is 14.2 Å². The van der Waals surface area contributed by atoms with Gasteiger partial charge in [0.2, 0.25) is 5.91 Å². The van der Waals surface area contributed by atoms with E-state index in [1.807, 2.05) is 23.1 Å². The molecule has 5 heteroatoms. The van der Waals surface area contributed by atoms with Gasteiger partial charge in [-0.2, -0.15) is 0 Å². The molecule has 1 saturated carbocycles. The zero-order chi connectivity index (χ0) is 15.7. The predicted octanol–water partition coefficient (Wildman–Crippen LogP) is 1.93. The Balaban J connectivity index is 1.81. The molecule has 0 aromatic heterocycles. The molecule has 2 fully saturated rings. The molecule has 1 aromatic rings. The maximum Gasteiger partial charge on any atom is 0.223 e. The monoisotopic (exact) mass is 304 g/mol. The van der Waals surface area contributed by atoms with Crippen LogP contribution in [0, 0.1) is 5.92 Å². The first-order valence-corrected chi connectivity index (χ1v) is 7.88. The van der Waals surface area contributed by atoms with Gasteiger partial charge < -0.3 is 20.1 Å². The molecule has 1 aliphatic heterocycles. The molecule has 1 amide bonds. The van der Waals surface area contributed by atoms with Gasteiger partial charge in [0.25, 0.3) is 0 Å². The second kappa shape index (κ2) is 6.16. The zero-order valence-electron chi connectivity index (χ0n) is 13.2. The normalized spacial score (nSPS) is 27.7. The van der Waals surface area contributed by atoms with Gasteiger partial charge in [-0.05, 0) is 37.3 Å². The van der Waals surface area contributed by atoms with Crippen LogP contribution in [0.4, 0.5) is 0 Å². The summed E-state index contributed by atoms with van der Waals surface area (Å²) in [5, 5.41) is 0. The minimum atomic E-state index is 0.215. The number of likely N-dealkylation sites (tertiary alicyclic amines) is 1. The Morgan fingerprint density at radius 2 is 2.09 bits per heavy atom. The summed E-state index contributed by atoms with van der Waals surface area (Å²) in [6, 6.07) is 6.24. The molecule has 1 aromatic carbocycles. The smallest absolute Gasteiger partial charge is 0.223 e. The van der Waals surface area contributed by atoms with Crippen LogP contribution in [0.1, 0.15) is 31.2 Å². The van der Waals surface area contributed by atoms with Gasteiger partial charge >= 0.3 is 0 Å². The van der Waals surface area contributed by atoms with Crippen LogP contribution in [0.25, 0.3) is 0 Å². The van der Waals surface area contributed by atoms with Gasteiger partial charge in [-0.3, -0.25) is 4.79 Å². The van der Waals surface area contributed by atoms with Gasteiger partial charge in [-0.25, -0.2) is 0 Å². The summed E-state index contributed by atoms with van der Waals surface area (Å²) < 4.78 is 10.7. The number of amides is 1. The van der Waals surface area contributed by atoms with Gasteiger partial charge in [0.05, 0.1) is 14.2 Å². The van der Waals surface area contributed by atoms with Gasteiger partial charge in [-0.1, -0.05) is 0 Å². The fraction of sp³-hybridized carbons (Fsp3) is 0.588. The van der Waals surface area contributed by atoms with Crippen LogP contribution >= 0.6 is 0 Å². The highest BCUT2D eigenvalue weighted by molar-refractivity contribution is 5.79. The minimum absolute atomic E-state index is 0.215. The number of fused-ring (bicyclic) bond motifs is 1. The number of ether oxygens (including phenoxy) is 2. The Morgan fingerprint density at radius 3 is 2.82 bits per heavy atom. The van der Waals surface area contributed by atoms with Crippen molar-refractivity contribution in [1.82, 2.24) is 4.90 Å². The number of carbonyl (C=O) groups excluding carboxylic acids is 1. The summed E-state index contributed by atoms with van der Waals surface area (Å²) >= 11 is 0. The van der Waals surface area contributed by atoms with Crippen molar-refractivity contribution >= 4 is 5.91 Å². The summed E-state index contributed by atoms with van der Waals surface area (Å²) in [6.07, 6.45) is 3.67. The molecule has 1 heterocycles. The summed E-state index contributed by atoms with van der Waals surface area (Å²) in [6.45, 7) is 0.583. The largest absolute Gasteiger partial charge is 0.497 e. The number of nitrogens with zero attached hydrogens (tertiary/aromatic N) is 1. The van der Waals surface area contributed by atoms with E-state index in [0.29, 0.717) is 18.9 Å². The van der Waals surface area contributed by atoms with Crippen LogP contribution in [0.2, 0.25) is 0 Å². The van der Waals surface area contributed by atoms with Crippen LogP contribution in [0.15, 0.2) is 18.2 Å². The molecule has 0 spiro atoms. The Bertz CT molecular complexity index is 561. The van der Waals surface area contributed by atoms with Gasteiger partial charge in [-0.15, -0.1) is 0 Å². The number of hydrogen-bond acceptors (Lipinski definition) is 4. The Morgan fingerprint density at radius 1 is 1.27 bits per heavy atom. The standard InChI is InChI=1S/C17H24N2O3/c1-21-14-6-4-12(16(9-14)22-2)10-19-15-8-13(18)5-3-11(15)7-17(19)20/h4,6,9,11,13,15H,3,5,7-8,10,18H2,1-2H3. The lowest BCUT2D eigenvalue weighted by molar-refractivity contribution is -0.129. The van der Waals surface area contributed by atoms with Gasteiger partial charge in [0.15, 0.2) is 0 Å². The van der Waals surface area contributed by atoms with E-state index in [9.17, 15) is 4.79 Å². The average molecular weight is 304 g/mol. The van der Waals surface area contributed by atoms with Crippen molar-refractivity contribution in [2.24, 2.45) is 11.7 Å². The van der Waals surface area contributed by atoms with Crippen molar-refractivity contribution in [1.29, 1.82) is 0 Å². The van der Waals surface area contributed by atoms with E-state index < -0.39 is 0 Å². The maximum absolute atomic E-state index is 12.4. The Labute approximate surface area is 131 Å². The first-order valence-electron chi connectivity index (χ1n) is 7.88. The van der Waals surface area contributed by atoms with E-state index in [2.05, 4.69) is 0 Å². The molecule has 22 heavy (non-hydrogen) atoms. The molecule has 1 aliphatic carbocycles. The highest BCUT2D eigenvalue weighted by Gasteiger charge is 2.42. The number of hydrogen-bond donors (Lipinski definition) is 1. The van der Waals surface area contributed by atoms with Crippen molar-refractivity contribution in [3.8, 4) is 11.5 Å². The van der Waals surface area contributed by atoms with Crippen LogP contribution in [0.3, 0.4) is 0 Å². The van der Waals surface area contributed by atoms with E-state index in [4.69, 9.17) is 15.2 Å². The molecular formula is C17H24N2O3. The molecule has 5 nitrogen and oxygen atoms in total. The van der Waals surface area contributed by atoms with Crippen molar-refractivity contribution in [2.75, 3.05) is 14.2 Å². The van der Waals surface area contributed by atoms with Crippen LogP contribution in [-0.2, 0) is 11.3 Å². The van der Waals surface area contributed by atoms with E-state index in [1.165, 1.54) is 0 Å². The Hall–Kier alpha value is -1.75. The fourth-order valence-electron chi connectivity index (χ4n) is 3.76. The van der Waals surface area contributed by atoms with Crippen LogP contribution in [-0.4, -0.2) is 37.1 Å². The second-order valence-electron chi connectivity index (χ2n) is 6.30. The molecule has 120 valence electrons. The second-order valence-corrected chi connectivity index (χ2v) is 6.30. The third-order valence-electron chi connectivity index (χ3n) is 4.99. The van der Waals surface area contributed by atoms with Crippen LogP contribution < -0.4 is 15.2 Å². The molecule has 3 atom stereocenters. The topological polar surface area (TPSA) is 64.8 Å². The third kappa shape index (κ3) is 2.77. The Kier molecular flexibility index (Phi) is 4.25. The molecule has 2 aliphatic rings. The molecule has 1 saturated heterocycles. The van der Waals surface area contributed by atoms with Gasteiger partial charge in [0, 0.05) is 36.7 Å². The first-order chi connectivity index (χ1) is 10.6. The molecule has 0 bridgehead atoms. The number of benzene rings is 1. The number of methoxy groups -OCH3 is 2. The lowest BCUT2D eigenvalue weighted by Crippen LogP contribution is -2.42. The molecule has 2 N–H and O–H groups in total. The summed E-state index contributed by atoms with van der Waals surface area (Å²) in [5.74, 6) is 2.22. The minimum Gasteiger partial charge on any atom is -0.497 e. The van der Waals surface area contributed by atoms with Crippen molar-refractivity contribution in [3.05, 3.63) is 23.8 Å². The van der Waals surface area contributed by atoms with E-state index in [0.717, 1.165) is 36.3 Å². The third-order valence-corrected chi connectivity index (χ3v) is 4.99. The average Bonchev–Trinajstić information content (AvgIpc) is 2.83. The quantitative estimate of drug-likeness (QED) is 0.923. The number of rotatable bonds is 4. The highest BCUT2D eigenvalue weighted by Crippen LogP contribution is 2.38. The van der Waals surface area contributed by atoms with E-state index >= 15 is 0 Å². The van der Waals surface area contributed by atoms with Crippen molar-refractivity contribution in [3.63, 3.8) is 0 Å².